The molecule has 1 fully saturated rings. The number of aromatic amines is 1. The number of hydrogen-bond acceptors (Lipinski definition) is 7. The van der Waals surface area contributed by atoms with E-state index in [2.05, 4.69) is 32.5 Å². The lowest BCUT2D eigenvalue weighted by molar-refractivity contribution is 0.139. The summed E-state index contributed by atoms with van der Waals surface area (Å²) in [6.07, 6.45) is 6.91. The van der Waals surface area contributed by atoms with Gasteiger partial charge in [0, 0.05) is 20.0 Å². The van der Waals surface area contributed by atoms with Gasteiger partial charge in [0.15, 0.2) is 11.0 Å². The van der Waals surface area contributed by atoms with Crippen LogP contribution in [0.15, 0.2) is 29.2 Å². The van der Waals surface area contributed by atoms with E-state index in [-0.39, 0.29) is 11.5 Å². The number of nitrogens with zero attached hydrogens (tertiary/aromatic N) is 6. The maximum atomic E-state index is 13.7. The molecule has 1 aliphatic carbocycles. The second-order valence-electron chi connectivity index (χ2n) is 9.07. The van der Waals surface area contributed by atoms with E-state index in [1.54, 1.807) is 31.3 Å². The molecule has 35 heavy (non-hydrogen) atoms. The molecule has 12 heteroatoms. The third-order valence-corrected chi connectivity index (χ3v) is 9.24. The number of tetrazole rings is 1. The Balaban J connectivity index is 1.60. The number of halogens is 1. The molecule has 0 aliphatic heterocycles. The highest BCUT2D eigenvalue weighted by molar-refractivity contribution is 7.89. The summed E-state index contributed by atoms with van der Waals surface area (Å²) in [7, 11) is -2.19. The zero-order valence-electron chi connectivity index (χ0n) is 20.1. The van der Waals surface area contributed by atoms with E-state index in [0.717, 1.165) is 49.9 Å². The minimum atomic E-state index is -3.80. The summed E-state index contributed by atoms with van der Waals surface area (Å²) in [5.41, 5.74) is 0.658. The van der Waals surface area contributed by atoms with Crippen LogP contribution in [0.5, 0.6) is 0 Å². The van der Waals surface area contributed by atoms with Crippen LogP contribution < -0.4 is 0 Å². The zero-order valence-corrected chi connectivity index (χ0v) is 21.7. The second kappa shape index (κ2) is 10.7. The highest BCUT2D eigenvalue weighted by Gasteiger charge is 2.46. The van der Waals surface area contributed by atoms with Gasteiger partial charge in [-0.1, -0.05) is 56.3 Å². The zero-order chi connectivity index (χ0) is 25.1. The highest BCUT2D eigenvalue weighted by atomic mass is 35.5. The molecule has 2 aromatic heterocycles. The van der Waals surface area contributed by atoms with Gasteiger partial charge in [-0.25, -0.2) is 18.5 Å². The Morgan fingerprint density at radius 2 is 1.91 bits per heavy atom. The number of aliphatic hydroxyl groups is 1. The monoisotopic (exact) mass is 521 g/mol. The first-order valence-electron chi connectivity index (χ1n) is 12.0. The van der Waals surface area contributed by atoms with Crippen LogP contribution in [0.4, 0.5) is 0 Å². The Bertz CT molecular complexity index is 1220. The lowest BCUT2D eigenvalue weighted by Crippen LogP contribution is -2.49. The van der Waals surface area contributed by atoms with E-state index in [9.17, 15) is 13.5 Å². The van der Waals surface area contributed by atoms with Crippen LogP contribution >= 0.6 is 11.6 Å². The molecule has 2 heterocycles. The number of hydrogen-bond donors (Lipinski definition) is 2. The van der Waals surface area contributed by atoms with Crippen LogP contribution in [0.2, 0.25) is 5.15 Å². The maximum absolute atomic E-state index is 13.7. The minimum Gasteiger partial charge on any atom is -0.390 e. The smallest absolute Gasteiger partial charge is 0.243 e. The van der Waals surface area contributed by atoms with Gasteiger partial charge in [0.1, 0.15) is 5.82 Å². The van der Waals surface area contributed by atoms with Gasteiger partial charge in [0.25, 0.3) is 0 Å². The summed E-state index contributed by atoms with van der Waals surface area (Å²) < 4.78 is 30.7. The van der Waals surface area contributed by atoms with Crippen molar-refractivity contribution in [1.82, 2.24) is 34.5 Å². The topological polar surface area (TPSA) is 130 Å². The van der Waals surface area contributed by atoms with Crippen molar-refractivity contribution in [2.45, 2.75) is 81.9 Å². The average molecular weight is 522 g/mol. The van der Waals surface area contributed by atoms with Crippen molar-refractivity contribution < 1.29 is 13.5 Å². The van der Waals surface area contributed by atoms with E-state index >= 15 is 0 Å². The molecule has 0 spiro atoms. The maximum Gasteiger partial charge on any atom is 0.243 e. The molecule has 0 unspecified atom stereocenters. The molecule has 0 amide bonds. The third-order valence-electron chi connectivity index (χ3n) is 7.00. The first kappa shape index (κ1) is 25.7. The van der Waals surface area contributed by atoms with Gasteiger partial charge in [-0.15, -0.1) is 5.10 Å². The molecule has 1 saturated carbocycles. The Labute approximate surface area is 210 Å². The van der Waals surface area contributed by atoms with Gasteiger partial charge in [0.05, 0.1) is 22.7 Å². The molecule has 3 aromatic rings. The number of aromatic nitrogens is 6. The molecule has 0 saturated heterocycles. The Morgan fingerprint density at radius 3 is 2.51 bits per heavy atom. The van der Waals surface area contributed by atoms with Crippen LogP contribution in [0.25, 0.3) is 0 Å². The number of aliphatic hydroxyl groups excluding tert-OH is 1. The van der Waals surface area contributed by atoms with Crippen molar-refractivity contribution in [1.29, 1.82) is 0 Å². The van der Waals surface area contributed by atoms with E-state index in [1.807, 2.05) is 4.57 Å². The summed E-state index contributed by atoms with van der Waals surface area (Å²) in [6.45, 7) is 2.33. The van der Waals surface area contributed by atoms with Crippen molar-refractivity contribution in [3.8, 4) is 0 Å². The predicted octanol–water partition coefficient (Wildman–Crippen LogP) is 3.41. The van der Waals surface area contributed by atoms with Crippen molar-refractivity contribution >= 4 is 21.6 Å². The summed E-state index contributed by atoms with van der Waals surface area (Å²) in [5.74, 6) is 1.30. The van der Waals surface area contributed by atoms with Crippen molar-refractivity contribution in [2.24, 2.45) is 0 Å². The minimum absolute atomic E-state index is 0.207. The number of H-pyrrole nitrogens is 1. The number of aryl methyl sites for hydroxylation is 1. The quantitative estimate of drug-likeness (QED) is 0.418. The van der Waals surface area contributed by atoms with E-state index in [0.29, 0.717) is 36.1 Å². The molecule has 1 aromatic carbocycles. The van der Waals surface area contributed by atoms with E-state index in [4.69, 9.17) is 11.6 Å². The molecular weight excluding hydrogens is 490 g/mol. The van der Waals surface area contributed by atoms with Crippen molar-refractivity contribution in [3.05, 3.63) is 52.3 Å². The van der Waals surface area contributed by atoms with Gasteiger partial charge >= 0.3 is 0 Å². The number of nitrogens with one attached hydrogen (secondary N) is 1. The molecule has 1 aliphatic rings. The fourth-order valence-electron chi connectivity index (χ4n) is 4.90. The number of benzene rings is 1. The molecular formula is C23H32ClN7O3S. The first-order valence-corrected chi connectivity index (χ1v) is 13.8. The Hall–Kier alpha value is -2.34. The highest BCUT2D eigenvalue weighted by Crippen LogP contribution is 2.42. The molecule has 0 bridgehead atoms. The normalized spacial score (nSPS) is 16.1. The van der Waals surface area contributed by atoms with Crippen molar-refractivity contribution in [3.63, 3.8) is 0 Å². The average Bonchev–Trinajstić information content (AvgIpc) is 3.51. The SMILES string of the molecule is CCCCc1nc(Cl)c(CO)n1Cc1ccc(S(=O)(=O)N(C)C2(c3nnn[nH]3)CCCCC2)cc1. The van der Waals surface area contributed by atoms with Gasteiger partial charge in [-0.05, 0) is 47.4 Å². The summed E-state index contributed by atoms with van der Waals surface area (Å²) in [5, 5.41) is 24.4. The lowest BCUT2D eigenvalue weighted by Gasteiger charge is -2.41. The Morgan fingerprint density at radius 1 is 1.20 bits per heavy atom. The van der Waals surface area contributed by atoms with Crippen LogP contribution in [0, 0.1) is 0 Å². The fourth-order valence-corrected chi connectivity index (χ4v) is 6.68. The number of imidazole rings is 1. The van der Waals surface area contributed by atoms with Crippen LogP contribution in [0.3, 0.4) is 0 Å². The molecule has 4 rings (SSSR count). The van der Waals surface area contributed by atoms with E-state index in [1.165, 1.54) is 4.31 Å². The summed E-state index contributed by atoms with van der Waals surface area (Å²) in [6, 6.07) is 6.84. The lowest BCUT2D eigenvalue weighted by atomic mass is 9.81. The van der Waals surface area contributed by atoms with Crippen molar-refractivity contribution in [2.75, 3.05) is 7.05 Å². The molecule has 0 radical (unpaired) electrons. The largest absolute Gasteiger partial charge is 0.390 e. The van der Waals surface area contributed by atoms with Gasteiger partial charge in [-0.2, -0.15) is 4.31 Å². The standard InChI is InChI=1S/C23H32ClN7O3S/c1-3-4-8-20-25-21(24)19(16-32)31(20)15-17-9-11-18(12-10-17)35(33,34)30(2)23(13-6-5-7-14-23)22-26-28-29-27-22/h9-12,32H,3-8,13-16H2,1-2H3,(H,26,27,28,29). The number of rotatable bonds is 10. The number of unbranched alkanes of at least 4 members (excludes halogenated alkanes) is 1. The predicted molar refractivity (Wildman–Crippen MR) is 131 cm³/mol. The molecule has 2 N–H and O–H groups in total. The fraction of sp³-hybridized carbons (Fsp3) is 0.565. The Kier molecular flexibility index (Phi) is 7.89. The third kappa shape index (κ3) is 5.00. The van der Waals surface area contributed by atoms with Gasteiger partial charge in [0.2, 0.25) is 10.0 Å². The summed E-state index contributed by atoms with van der Waals surface area (Å²) in [4.78, 5) is 4.63. The van der Waals surface area contributed by atoms with Crippen LogP contribution in [0.1, 0.15) is 74.8 Å². The number of sulfonamides is 1. The van der Waals surface area contributed by atoms with Crippen LogP contribution in [-0.2, 0) is 35.1 Å². The molecule has 10 nitrogen and oxygen atoms in total. The second-order valence-corrected chi connectivity index (χ2v) is 11.4. The summed E-state index contributed by atoms with van der Waals surface area (Å²) >= 11 is 6.25. The van der Waals surface area contributed by atoms with E-state index < -0.39 is 15.6 Å². The molecule has 0 atom stereocenters. The van der Waals surface area contributed by atoms with Crippen LogP contribution in [-0.4, -0.2) is 55.1 Å². The van der Waals surface area contributed by atoms with Gasteiger partial charge in [-0.3, -0.25) is 0 Å². The molecule has 190 valence electrons. The van der Waals surface area contributed by atoms with Gasteiger partial charge < -0.3 is 9.67 Å². The first-order chi connectivity index (χ1) is 16.8.